The molecule has 1 unspecified atom stereocenters. The van der Waals surface area contributed by atoms with Crippen molar-refractivity contribution in [2.45, 2.75) is 32.2 Å². The number of nitrogens with one attached hydrogen (secondary N) is 1. The Kier molecular flexibility index (Phi) is 6.83. The average molecular weight is 292 g/mol. The largest absolute Gasteiger partial charge is 0.494 e. The van der Waals surface area contributed by atoms with Crippen LogP contribution in [0.5, 0.6) is 11.5 Å². The van der Waals surface area contributed by atoms with Gasteiger partial charge in [0, 0.05) is 19.1 Å². The predicted molar refractivity (Wildman–Crippen MR) is 86.2 cm³/mol. The van der Waals surface area contributed by atoms with Gasteiger partial charge < -0.3 is 14.8 Å². The standard InChI is InChI=1S/C17H28N2O2/c1-3-12-20-16-6-8-17(9-7-16)21-13-11-19-10-4-5-15(14-19)18-2/h6-9,15,18H,3-5,10-14H2,1-2H3. The molecule has 1 aliphatic rings. The normalized spacial score (nSPS) is 19.4. The molecule has 0 aliphatic carbocycles. The number of hydrogen-bond donors (Lipinski definition) is 1. The number of likely N-dealkylation sites (tertiary alicyclic amines) is 1. The molecular weight excluding hydrogens is 264 g/mol. The molecule has 1 saturated heterocycles. The van der Waals surface area contributed by atoms with Crippen LogP contribution in [0.25, 0.3) is 0 Å². The van der Waals surface area contributed by atoms with Gasteiger partial charge in [-0.3, -0.25) is 4.90 Å². The number of likely N-dealkylation sites (N-methyl/N-ethyl adjacent to an activating group) is 1. The van der Waals surface area contributed by atoms with Crippen LogP contribution >= 0.6 is 0 Å². The highest BCUT2D eigenvalue weighted by Gasteiger charge is 2.17. The van der Waals surface area contributed by atoms with Crippen molar-refractivity contribution < 1.29 is 9.47 Å². The molecule has 1 fully saturated rings. The lowest BCUT2D eigenvalue weighted by molar-refractivity contribution is 0.162. The summed E-state index contributed by atoms with van der Waals surface area (Å²) in [6, 6.07) is 8.55. The van der Waals surface area contributed by atoms with Gasteiger partial charge in [-0.1, -0.05) is 6.92 Å². The van der Waals surface area contributed by atoms with E-state index in [0.717, 1.165) is 44.2 Å². The van der Waals surface area contributed by atoms with E-state index < -0.39 is 0 Å². The van der Waals surface area contributed by atoms with Crippen molar-refractivity contribution >= 4 is 0 Å². The van der Waals surface area contributed by atoms with Gasteiger partial charge in [0.1, 0.15) is 18.1 Å². The number of hydrogen-bond acceptors (Lipinski definition) is 4. The molecule has 1 atom stereocenters. The molecule has 118 valence electrons. The third-order valence-corrected chi connectivity index (χ3v) is 3.89. The Balaban J connectivity index is 1.68. The van der Waals surface area contributed by atoms with E-state index in [1.165, 1.54) is 19.4 Å². The molecule has 0 spiro atoms. The van der Waals surface area contributed by atoms with E-state index in [9.17, 15) is 0 Å². The van der Waals surface area contributed by atoms with Crippen LogP contribution in [-0.4, -0.2) is 50.8 Å². The molecule has 1 aliphatic heterocycles. The molecule has 0 amide bonds. The van der Waals surface area contributed by atoms with Crippen LogP contribution in [0.1, 0.15) is 26.2 Å². The van der Waals surface area contributed by atoms with Crippen LogP contribution in [0, 0.1) is 0 Å². The number of rotatable bonds is 8. The smallest absolute Gasteiger partial charge is 0.119 e. The highest BCUT2D eigenvalue weighted by atomic mass is 16.5. The molecule has 1 aromatic rings. The molecule has 4 heteroatoms. The molecule has 1 heterocycles. The zero-order chi connectivity index (χ0) is 14.9. The molecule has 1 aromatic carbocycles. The maximum atomic E-state index is 5.82. The first-order chi connectivity index (χ1) is 10.3. The molecule has 0 aromatic heterocycles. The minimum atomic E-state index is 0.633. The number of piperidine rings is 1. The minimum absolute atomic E-state index is 0.633. The molecule has 0 saturated carbocycles. The topological polar surface area (TPSA) is 33.7 Å². The van der Waals surface area contributed by atoms with Crippen LogP contribution < -0.4 is 14.8 Å². The van der Waals surface area contributed by atoms with E-state index in [0.29, 0.717) is 6.04 Å². The van der Waals surface area contributed by atoms with Gasteiger partial charge in [-0.2, -0.15) is 0 Å². The van der Waals surface area contributed by atoms with Crippen LogP contribution in [0.3, 0.4) is 0 Å². The van der Waals surface area contributed by atoms with Crippen LogP contribution in [0.4, 0.5) is 0 Å². The number of ether oxygens (including phenoxy) is 2. The van der Waals surface area contributed by atoms with Crippen molar-refractivity contribution in [1.29, 1.82) is 0 Å². The maximum Gasteiger partial charge on any atom is 0.119 e. The first-order valence-electron chi connectivity index (χ1n) is 8.07. The fourth-order valence-corrected chi connectivity index (χ4v) is 2.64. The summed E-state index contributed by atoms with van der Waals surface area (Å²) in [5.41, 5.74) is 0. The Morgan fingerprint density at radius 1 is 1.14 bits per heavy atom. The molecule has 2 rings (SSSR count). The van der Waals surface area contributed by atoms with E-state index in [4.69, 9.17) is 9.47 Å². The molecule has 0 radical (unpaired) electrons. The predicted octanol–water partition coefficient (Wildman–Crippen LogP) is 2.54. The first-order valence-corrected chi connectivity index (χ1v) is 8.07. The molecule has 1 N–H and O–H groups in total. The van der Waals surface area contributed by atoms with E-state index in [1.807, 2.05) is 31.3 Å². The molecule has 21 heavy (non-hydrogen) atoms. The van der Waals surface area contributed by atoms with Gasteiger partial charge in [-0.05, 0) is 57.1 Å². The maximum absolute atomic E-state index is 5.82. The Morgan fingerprint density at radius 2 is 1.81 bits per heavy atom. The summed E-state index contributed by atoms with van der Waals surface area (Å²) in [5, 5.41) is 3.37. The summed E-state index contributed by atoms with van der Waals surface area (Å²) >= 11 is 0. The summed E-state index contributed by atoms with van der Waals surface area (Å²) in [7, 11) is 2.05. The minimum Gasteiger partial charge on any atom is -0.494 e. The summed E-state index contributed by atoms with van der Waals surface area (Å²) in [5.74, 6) is 1.83. The lowest BCUT2D eigenvalue weighted by atomic mass is 10.1. The van der Waals surface area contributed by atoms with Gasteiger partial charge in [0.15, 0.2) is 0 Å². The van der Waals surface area contributed by atoms with Crippen molar-refractivity contribution in [1.82, 2.24) is 10.2 Å². The van der Waals surface area contributed by atoms with Crippen LogP contribution in [-0.2, 0) is 0 Å². The molecule has 4 nitrogen and oxygen atoms in total. The van der Waals surface area contributed by atoms with E-state index in [2.05, 4.69) is 17.1 Å². The van der Waals surface area contributed by atoms with Crippen LogP contribution in [0.2, 0.25) is 0 Å². The van der Waals surface area contributed by atoms with Gasteiger partial charge in [-0.15, -0.1) is 0 Å². The third-order valence-electron chi connectivity index (χ3n) is 3.89. The highest BCUT2D eigenvalue weighted by molar-refractivity contribution is 5.31. The van der Waals surface area contributed by atoms with Crippen molar-refractivity contribution in [2.24, 2.45) is 0 Å². The fraction of sp³-hybridized carbons (Fsp3) is 0.647. The van der Waals surface area contributed by atoms with E-state index in [1.54, 1.807) is 0 Å². The van der Waals surface area contributed by atoms with Gasteiger partial charge >= 0.3 is 0 Å². The third kappa shape index (κ3) is 5.56. The van der Waals surface area contributed by atoms with Gasteiger partial charge in [0.05, 0.1) is 6.61 Å². The first kappa shape index (κ1) is 16.1. The fourth-order valence-electron chi connectivity index (χ4n) is 2.64. The second-order valence-electron chi connectivity index (χ2n) is 5.60. The number of benzene rings is 1. The zero-order valence-electron chi connectivity index (χ0n) is 13.3. The Morgan fingerprint density at radius 3 is 2.43 bits per heavy atom. The summed E-state index contributed by atoms with van der Waals surface area (Å²) in [4.78, 5) is 2.48. The zero-order valence-corrected chi connectivity index (χ0v) is 13.3. The average Bonchev–Trinajstić information content (AvgIpc) is 2.54. The summed E-state index contributed by atoms with van der Waals surface area (Å²) < 4.78 is 11.4. The van der Waals surface area contributed by atoms with Gasteiger partial charge in [0.2, 0.25) is 0 Å². The lowest BCUT2D eigenvalue weighted by Crippen LogP contribution is -2.45. The second kappa shape index (κ2) is 8.90. The van der Waals surface area contributed by atoms with E-state index in [-0.39, 0.29) is 0 Å². The van der Waals surface area contributed by atoms with Crippen molar-refractivity contribution in [3.05, 3.63) is 24.3 Å². The van der Waals surface area contributed by atoms with Crippen LogP contribution in [0.15, 0.2) is 24.3 Å². The summed E-state index contributed by atoms with van der Waals surface area (Å²) in [6.07, 6.45) is 3.59. The second-order valence-corrected chi connectivity index (χ2v) is 5.60. The van der Waals surface area contributed by atoms with E-state index >= 15 is 0 Å². The van der Waals surface area contributed by atoms with Crippen molar-refractivity contribution in [3.8, 4) is 11.5 Å². The van der Waals surface area contributed by atoms with Gasteiger partial charge in [0.25, 0.3) is 0 Å². The Hall–Kier alpha value is -1.26. The molecule has 0 bridgehead atoms. The Labute approximate surface area is 128 Å². The summed E-state index contributed by atoms with van der Waals surface area (Å²) in [6.45, 7) is 6.92. The Bertz CT molecular complexity index is 394. The highest BCUT2D eigenvalue weighted by Crippen LogP contribution is 2.18. The number of nitrogens with zero attached hydrogens (tertiary/aromatic N) is 1. The van der Waals surface area contributed by atoms with Crippen molar-refractivity contribution in [3.63, 3.8) is 0 Å². The van der Waals surface area contributed by atoms with Crippen molar-refractivity contribution in [2.75, 3.05) is 39.9 Å². The SMILES string of the molecule is CCCOc1ccc(OCCN2CCCC(NC)C2)cc1. The molecular formula is C17H28N2O2. The monoisotopic (exact) mass is 292 g/mol. The lowest BCUT2D eigenvalue weighted by Gasteiger charge is -2.32. The van der Waals surface area contributed by atoms with Gasteiger partial charge in [-0.25, -0.2) is 0 Å². The quantitative estimate of drug-likeness (QED) is 0.798.